The lowest BCUT2D eigenvalue weighted by Crippen LogP contribution is -2.38. The van der Waals surface area contributed by atoms with Gasteiger partial charge in [-0.05, 0) is 12.1 Å². The summed E-state index contributed by atoms with van der Waals surface area (Å²) < 4.78 is 24.5. The molecule has 0 atom stereocenters. The molecule has 0 fully saturated rings. The molecule has 0 aliphatic heterocycles. The average molecular weight is 294 g/mol. The summed E-state index contributed by atoms with van der Waals surface area (Å²) in [5.74, 6) is -0.496. The number of carbonyl (C=O) groups excluding carboxylic acids is 1. The molecular formula is C11H14ClF2N3O2. The molecule has 106 valence electrons. The van der Waals surface area contributed by atoms with Gasteiger partial charge in [-0.2, -0.15) is 0 Å². The van der Waals surface area contributed by atoms with Crippen molar-refractivity contribution >= 4 is 23.2 Å². The molecule has 0 radical (unpaired) electrons. The van der Waals surface area contributed by atoms with Crippen molar-refractivity contribution in [3.8, 4) is 0 Å². The quantitative estimate of drug-likeness (QED) is 0.742. The van der Waals surface area contributed by atoms with Crippen molar-refractivity contribution in [1.82, 2.24) is 9.88 Å². The van der Waals surface area contributed by atoms with Crippen LogP contribution in [-0.2, 0) is 4.79 Å². The Morgan fingerprint density at radius 3 is 2.89 bits per heavy atom. The van der Waals surface area contributed by atoms with Crippen LogP contribution in [0.1, 0.15) is 0 Å². The molecule has 1 amide bonds. The highest BCUT2D eigenvalue weighted by molar-refractivity contribution is 6.32. The van der Waals surface area contributed by atoms with E-state index in [2.05, 4.69) is 10.3 Å². The highest BCUT2D eigenvalue weighted by Crippen LogP contribution is 2.17. The van der Waals surface area contributed by atoms with Crippen LogP contribution < -0.4 is 5.32 Å². The number of aliphatic hydroxyl groups excluding tert-OH is 1. The van der Waals surface area contributed by atoms with Gasteiger partial charge in [0.15, 0.2) is 5.15 Å². The van der Waals surface area contributed by atoms with Gasteiger partial charge in [0.2, 0.25) is 5.91 Å². The number of nitrogens with zero attached hydrogens (tertiary/aromatic N) is 2. The van der Waals surface area contributed by atoms with Crippen molar-refractivity contribution in [2.24, 2.45) is 0 Å². The number of hydrogen-bond donors (Lipinski definition) is 2. The van der Waals surface area contributed by atoms with Crippen molar-refractivity contribution < 1.29 is 18.7 Å². The van der Waals surface area contributed by atoms with E-state index in [9.17, 15) is 13.6 Å². The van der Waals surface area contributed by atoms with E-state index in [1.807, 2.05) is 0 Å². The molecule has 1 rings (SSSR count). The van der Waals surface area contributed by atoms with Gasteiger partial charge in [-0.15, -0.1) is 0 Å². The van der Waals surface area contributed by atoms with E-state index < -0.39 is 18.9 Å². The van der Waals surface area contributed by atoms with Crippen molar-refractivity contribution in [3.05, 3.63) is 23.5 Å². The molecule has 1 heterocycles. The molecule has 0 saturated carbocycles. The Bertz CT molecular complexity index is 421. The minimum Gasteiger partial charge on any atom is -0.395 e. The lowest BCUT2D eigenvalue weighted by molar-refractivity contribution is -0.117. The number of aromatic nitrogens is 1. The number of alkyl halides is 2. The molecular weight excluding hydrogens is 280 g/mol. The smallest absolute Gasteiger partial charge is 0.251 e. The molecule has 2 N–H and O–H groups in total. The minimum absolute atomic E-state index is 0.00146. The van der Waals surface area contributed by atoms with Gasteiger partial charge < -0.3 is 10.4 Å². The first kappa shape index (κ1) is 15.7. The molecule has 8 heteroatoms. The third-order valence-electron chi connectivity index (χ3n) is 2.21. The number of aliphatic hydroxyl groups is 1. The van der Waals surface area contributed by atoms with Crippen molar-refractivity contribution in [3.63, 3.8) is 0 Å². The number of halogens is 3. The number of rotatable bonds is 7. The van der Waals surface area contributed by atoms with E-state index in [4.69, 9.17) is 16.7 Å². The molecule has 0 unspecified atom stereocenters. The molecule has 19 heavy (non-hydrogen) atoms. The number of pyridine rings is 1. The number of anilines is 1. The zero-order chi connectivity index (χ0) is 14.3. The lowest BCUT2D eigenvalue weighted by Gasteiger charge is -2.20. The summed E-state index contributed by atoms with van der Waals surface area (Å²) in [7, 11) is 0. The first-order chi connectivity index (χ1) is 9.02. The van der Waals surface area contributed by atoms with Gasteiger partial charge in [-0.1, -0.05) is 11.6 Å². The molecule has 5 nitrogen and oxygen atoms in total. The van der Waals surface area contributed by atoms with Crippen molar-refractivity contribution in [2.75, 3.05) is 31.6 Å². The maximum absolute atomic E-state index is 12.3. The Hall–Kier alpha value is -1.31. The van der Waals surface area contributed by atoms with Gasteiger partial charge >= 0.3 is 0 Å². The van der Waals surface area contributed by atoms with E-state index in [1.165, 1.54) is 6.20 Å². The van der Waals surface area contributed by atoms with Gasteiger partial charge in [0.1, 0.15) is 0 Å². The van der Waals surface area contributed by atoms with Crippen LogP contribution in [0.15, 0.2) is 18.3 Å². The van der Waals surface area contributed by atoms with Crippen LogP contribution in [0.3, 0.4) is 0 Å². The molecule has 0 aliphatic carbocycles. The summed E-state index contributed by atoms with van der Waals surface area (Å²) in [6.07, 6.45) is -1.10. The fraction of sp³-hybridized carbons (Fsp3) is 0.455. The fourth-order valence-corrected chi connectivity index (χ4v) is 1.61. The molecule has 0 bridgehead atoms. The molecule has 1 aromatic rings. The van der Waals surface area contributed by atoms with E-state index in [0.717, 1.165) is 4.90 Å². The molecule has 0 aliphatic rings. The Balaban J connectivity index is 2.55. The first-order valence-corrected chi connectivity index (χ1v) is 5.92. The standard InChI is InChI=1S/C11H14ClF2N3O2/c12-11-8(2-1-3-15-11)16-10(19)7-17(4-5-18)6-9(13)14/h1-3,9,18H,4-7H2,(H,16,19). The van der Waals surface area contributed by atoms with Crippen LogP contribution in [0.2, 0.25) is 5.15 Å². The van der Waals surface area contributed by atoms with Gasteiger partial charge in [0.05, 0.1) is 25.4 Å². The van der Waals surface area contributed by atoms with Crippen LogP contribution in [0.4, 0.5) is 14.5 Å². The Labute approximate surface area is 114 Å². The number of hydrogen-bond acceptors (Lipinski definition) is 4. The van der Waals surface area contributed by atoms with Crippen LogP contribution in [0, 0.1) is 0 Å². The van der Waals surface area contributed by atoms with Gasteiger partial charge in [0, 0.05) is 12.7 Å². The maximum atomic E-state index is 12.3. The molecule has 0 aromatic carbocycles. The predicted molar refractivity (Wildman–Crippen MR) is 67.4 cm³/mol. The van der Waals surface area contributed by atoms with E-state index in [-0.39, 0.29) is 24.8 Å². The molecule has 0 spiro atoms. The second kappa shape index (κ2) is 7.98. The predicted octanol–water partition coefficient (Wildman–Crippen LogP) is 1.23. The van der Waals surface area contributed by atoms with E-state index in [0.29, 0.717) is 5.69 Å². The third-order valence-corrected chi connectivity index (χ3v) is 2.51. The highest BCUT2D eigenvalue weighted by Gasteiger charge is 2.15. The largest absolute Gasteiger partial charge is 0.395 e. The van der Waals surface area contributed by atoms with Crippen LogP contribution in [0.25, 0.3) is 0 Å². The number of carbonyl (C=O) groups is 1. The van der Waals surface area contributed by atoms with Crippen molar-refractivity contribution in [1.29, 1.82) is 0 Å². The Morgan fingerprint density at radius 2 is 2.32 bits per heavy atom. The SMILES string of the molecule is O=C(CN(CCO)CC(F)F)Nc1cccnc1Cl. The topological polar surface area (TPSA) is 65.5 Å². The van der Waals surface area contributed by atoms with E-state index in [1.54, 1.807) is 12.1 Å². The normalized spacial score (nSPS) is 11.1. The van der Waals surface area contributed by atoms with Gasteiger partial charge in [0.25, 0.3) is 6.43 Å². The van der Waals surface area contributed by atoms with Crippen LogP contribution in [-0.4, -0.2) is 53.6 Å². The average Bonchev–Trinajstić information content (AvgIpc) is 2.31. The number of nitrogens with one attached hydrogen (secondary N) is 1. The number of amides is 1. The van der Waals surface area contributed by atoms with Crippen molar-refractivity contribution in [2.45, 2.75) is 6.43 Å². The van der Waals surface area contributed by atoms with Crippen LogP contribution >= 0.6 is 11.6 Å². The second-order valence-corrected chi connectivity index (χ2v) is 4.10. The zero-order valence-electron chi connectivity index (χ0n) is 10.0. The summed E-state index contributed by atoms with van der Waals surface area (Å²) in [4.78, 5) is 16.6. The molecule has 0 saturated heterocycles. The Morgan fingerprint density at radius 1 is 1.58 bits per heavy atom. The highest BCUT2D eigenvalue weighted by atomic mass is 35.5. The summed E-state index contributed by atoms with van der Waals surface area (Å²) in [5.41, 5.74) is 0.315. The fourth-order valence-electron chi connectivity index (χ4n) is 1.44. The lowest BCUT2D eigenvalue weighted by atomic mass is 10.4. The monoisotopic (exact) mass is 293 g/mol. The van der Waals surface area contributed by atoms with Gasteiger partial charge in [-0.3, -0.25) is 9.69 Å². The molecule has 1 aromatic heterocycles. The second-order valence-electron chi connectivity index (χ2n) is 3.74. The first-order valence-electron chi connectivity index (χ1n) is 5.54. The summed E-state index contributed by atoms with van der Waals surface area (Å²) in [5, 5.41) is 11.3. The van der Waals surface area contributed by atoms with Gasteiger partial charge in [-0.25, -0.2) is 13.8 Å². The minimum atomic E-state index is -2.57. The van der Waals surface area contributed by atoms with E-state index >= 15 is 0 Å². The summed E-state index contributed by atoms with van der Waals surface area (Å²) >= 11 is 5.75. The Kier molecular flexibility index (Phi) is 6.61. The summed E-state index contributed by atoms with van der Waals surface area (Å²) in [6, 6.07) is 3.14. The maximum Gasteiger partial charge on any atom is 0.251 e. The summed E-state index contributed by atoms with van der Waals surface area (Å²) in [6.45, 7) is -1.13. The third kappa shape index (κ3) is 5.91. The zero-order valence-corrected chi connectivity index (χ0v) is 10.8. The van der Waals surface area contributed by atoms with Crippen LogP contribution in [0.5, 0.6) is 0 Å².